The molecule has 0 bridgehead atoms. The van der Waals surface area contributed by atoms with Crippen molar-refractivity contribution in [2.24, 2.45) is 0 Å². The van der Waals surface area contributed by atoms with E-state index in [1.54, 1.807) is 22.8 Å². The van der Waals surface area contributed by atoms with Crippen molar-refractivity contribution in [3.05, 3.63) is 87.1 Å². The Balaban J connectivity index is 1.81. The molecule has 0 fully saturated rings. The first-order valence-electron chi connectivity index (χ1n) is 9.87. The van der Waals surface area contributed by atoms with Crippen LogP contribution in [-0.2, 0) is 5.75 Å². The normalized spacial score (nSPS) is 17.6. The third-order valence-electron chi connectivity index (χ3n) is 5.68. The average molecular weight is 438 g/mol. The van der Waals surface area contributed by atoms with E-state index in [9.17, 15) is 14.7 Å². The van der Waals surface area contributed by atoms with Crippen LogP contribution in [0, 0.1) is 5.82 Å². The van der Waals surface area contributed by atoms with Gasteiger partial charge < -0.3 is 10.0 Å². The predicted octanol–water partition coefficient (Wildman–Crippen LogP) is 2.85. The summed E-state index contributed by atoms with van der Waals surface area (Å²) in [7, 11) is 0. The molecule has 1 amide bonds. The van der Waals surface area contributed by atoms with Crippen molar-refractivity contribution >= 4 is 17.7 Å². The SMILES string of the molecule is CCN1CN(C2c3ccccc3SCc3cccc(F)c32)n2ncc(=O)c(O)c2C1=O. The first-order valence-corrected chi connectivity index (χ1v) is 10.9. The summed E-state index contributed by atoms with van der Waals surface area (Å²) in [6, 6.07) is 12.1. The van der Waals surface area contributed by atoms with Crippen LogP contribution < -0.4 is 10.4 Å². The molecule has 1 N–H and O–H groups in total. The number of hydrogen-bond acceptors (Lipinski definition) is 6. The molecule has 1 atom stereocenters. The highest BCUT2D eigenvalue weighted by Gasteiger charge is 2.39. The number of halogens is 1. The van der Waals surface area contributed by atoms with Crippen LogP contribution in [0.3, 0.4) is 0 Å². The van der Waals surface area contributed by atoms with Gasteiger partial charge in [0.2, 0.25) is 5.43 Å². The van der Waals surface area contributed by atoms with Crippen LogP contribution >= 0.6 is 11.8 Å². The Morgan fingerprint density at radius 1 is 1.19 bits per heavy atom. The second-order valence-electron chi connectivity index (χ2n) is 7.38. The summed E-state index contributed by atoms with van der Waals surface area (Å²) in [5.41, 5.74) is 1.26. The number of thioether (sulfide) groups is 1. The van der Waals surface area contributed by atoms with E-state index in [4.69, 9.17) is 0 Å². The molecule has 1 aromatic heterocycles. The Morgan fingerprint density at radius 3 is 2.81 bits per heavy atom. The van der Waals surface area contributed by atoms with Gasteiger partial charge in [-0.3, -0.25) is 14.6 Å². The molecule has 2 aliphatic rings. The quantitative estimate of drug-likeness (QED) is 0.663. The van der Waals surface area contributed by atoms with Crippen LogP contribution in [0.25, 0.3) is 0 Å². The maximum absolute atomic E-state index is 15.3. The topological polar surface area (TPSA) is 78.7 Å². The standard InChI is InChI=1S/C22H19FN4O3S/c1-2-25-12-26(27-20(22(25)30)21(29)16(28)10-24-27)19-14-7-3-4-9-17(14)31-11-13-6-5-8-15(23)18(13)19/h3-10,19,29H,2,11-12H2,1H3. The van der Waals surface area contributed by atoms with E-state index in [-0.39, 0.29) is 18.2 Å². The predicted molar refractivity (Wildman–Crippen MR) is 114 cm³/mol. The molecule has 0 radical (unpaired) electrons. The minimum absolute atomic E-state index is 0.120. The number of nitrogens with zero attached hydrogens (tertiary/aromatic N) is 4. The number of amides is 1. The summed E-state index contributed by atoms with van der Waals surface area (Å²) in [5.74, 6) is -0.910. The first-order chi connectivity index (χ1) is 15.0. The first kappa shape index (κ1) is 19.6. The number of fused-ring (bicyclic) bond motifs is 3. The Kier molecular flexibility index (Phi) is 4.70. The van der Waals surface area contributed by atoms with Crippen LogP contribution in [0.5, 0.6) is 5.75 Å². The second-order valence-corrected chi connectivity index (χ2v) is 8.40. The van der Waals surface area contributed by atoms with E-state index in [1.807, 2.05) is 37.3 Å². The molecule has 0 saturated carbocycles. The summed E-state index contributed by atoms with van der Waals surface area (Å²) in [6.45, 7) is 2.28. The summed E-state index contributed by atoms with van der Waals surface area (Å²) < 4.78 is 15.3. The van der Waals surface area contributed by atoms with Gasteiger partial charge in [0.1, 0.15) is 24.7 Å². The lowest BCUT2D eigenvalue weighted by molar-refractivity contribution is 0.0678. The number of carbonyl (C=O) groups excluding carboxylic acids is 1. The zero-order valence-electron chi connectivity index (χ0n) is 16.7. The summed E-state index contributed by atoms with van der Waals surface area (Å²) >= 11 is 1.62. The average Bonchev–Trinajstić information content (AvgIpc) is 2.94. The number of carbonyl (C=O) groups is 1. The molecular weight excluding hydrogens is 419 g/mol. The largest absolute Gasteiger partial charge is 0.502 e. The van der Waals surface area contributed by atoms with Gasteiger partial charge in [-0.15, -0.1) is 11.8 Å². The van der Waals surface area contributed by atoms with E-state index in [0.29, 0.717) is 17.9 Å². The molecule has 7 nitrogen and oxygen atoms in total. The molecule has 9 heteroatoms. The Labute approximate surface area is 181 Å². The molecule has 1 unspecified atom stereocenters. The Hall–Kier alpha value is -3.33. The monoisotopic (exact) mass is 438 g/mol. The van der Waals surface area contributed by atoms with Gasteiger partial charge in [0.05, 0.1) is 0 Å². The smallest absolute Gasteiger partial charge is 0.279 e. The van der Waals surface area contributed by atoms with Crippen LogP contribution in [0.15, 0.2) is 58.4 Å². The van der Waals surface area contributed by atoms with Crippen molar-refractivity contribution in [2.75, 3.05) is 18.2 Å². The van der Waals surface area contributed by atoms with Crippen molar-refractivity contribution in [1.29, 1.82) is 0 Å². The van der Waals surface area contributed by atoms with Gasteiger partial charge in [-0.05, 0) is 30.2 Å². The number of hydrogen-bond donors (Lipinski definition) is 1. The van der Waals surface area contributed by atoms with Gasteiger partial charge in [-0.1, -0.05) is 30.3 Å². The molecule has 0 spiro atoms. The zero-order valence-corrected chi connectivity index (χ0v) is 17.5. The fourth-order valence-electron chi connectivity index (χ4n) is 4.17. The molecule has 2 aliphatic heterocycles. The number of aromatic nitrogens is 2. The van der Waals surface area contributed by atoms with Gasteiger partial charge >= 0.3 is 0 Å². The van der Waals surface area contributed by atoms with Crippen molar-refractivity contribution < 1.29 is 14.3 Å². The van der Waals surface area contributed by atoms with Gasteiger partial charge in [0.15, 0.2) is 11.4 Å². The van der Waals surface area contributed by atoms with Gasteiger partial charge in [0.25, 0.3) is 5.91 Å². The van der Waals surface area contributed by atoms with Crippen molar-refractivity contribution in [1.82, 2.24) is 14.8 Å². The number of aromatic hydroxyl groups is 1. The molecule has 31 heavy (non-hydrogen) atoms. The molecule has 0 saturated heterocycles. The lowest BCUT2D eigenvalue weighted by atomic mass is 9.94. The number of benzene rings is 2. The summed E-state index contributed by atoms with van der Waals surface area (Å²) in [6.07, 6.45) is 0.973. The lowest BCUT2D eigenvalue weighted by Gasteiger charge is -2.42. The molecule has 2 aromatic carbocycles. The Bertz CT molecular complexity index is 1260. The molecule has 0 aliphatic carbocycles. The highest BCUT2D eigenvalue weighted by atomic mass is 32.2. The fourth-order valence-corrected chi connectivity index (χ4v) is 5.26. The molecule has 3 heterocycles. The van der Waals surface area contributed by atoms with Crippen LogP contribution in [0.4, 0.5) is 4.39 Å². The van der Waals surface area contributed by atoms with E-state index < -0.39 is 23.1 Å². The van der Waals surface area contributed by atoms with Gasteiger partial charge in [-0.25, -0.2) is 4.39 Å². The van der Waals surface area contributed by atoms with Crippen molar-refractivity contribution in [2.45, 2.75) is 23.6 Å². The lowest BCUT2D eigenvalue weighted by Crippen LogP contribution is -2.56. The highest BCUT2D eigenvalue weighted by molar-refractivity contribution is 7.98. The molecule has 5 rings (SSSR count). The second kappa shape index (κ2) is 7.42. The van der Waals surface area contributed by atoms with Crippen LogP contribution in [-0.4, -0.2) is 39.0 Å². The highest BCUT2D eigenvalue weighted by Crippen LogP contribution is 2.43. The van der Waals surface area contributed by atoms with Crippen LogP contribution in [0.2, 0.25) is 0 Å². The van der Waals surface area contributed by atoms with Crippen LogP contribution in [0.1, 0.15) is 40.1 Å². The van der Waals surface area contributed by atoms with Crippen molar-refractivity contribution in [3.8, 4) is 5.75 Å². The maximum atomic E-state index is 15.3. The summed E-state index contributed by atoms with van der Waals surface area (Å²) in [4.78, 5) is 28.7. The molecule has 3 aromatic rings. The van der Waals surface area contributed by atoms with E-state index in [0.717, 1.165) is 22.2 Å². The summed E-state index contributed by atoms with van der Waals surface area (Å²) in [5, 5.41) is 16.3. The minimum atomic E-state index is -0.735. The third-order valence-corrected chi connectivity index (χ3v) is 6.82. The zero-order chi connectivity index (χ0) is 21.7. The molecule has 158 valence electrons. The van der Waals surface area contributed by atoms with E-state index in [1.165, 1.54) is 15.8 Å². The fraction of sp³-hybridized carbons (Fsp3) is 0.227. The van der Waals surface area contributed by atoms with Gasteiger partial charge in [0, 0.05) is 22.8 Å². The van der Waals surface area contributed by atoms with Crippen molar-refractivity contribution in [3.63, 3.8) is 0 Å². The number of rotatable bonds is 2. The minimum Gasteiger partial charge on any atom is -0.502 e. The maximum Gasteiger partial charge on any atom is 0.279 e. The van der Waals surface area contributed by atoms with E-state index >= 15 is 4.39 Å². The Morgan fingerprint density at radius 2 is 2.00 bits per heavy atom. The van der Waals surface area contributed by atoms with E-state index in [2.05, 4.69) is 5.10 Å². The third kappa shape index (κ3) is 2.99. The van der Waals surface area contributed by atoms with Gasteiger partial charge in [-0.2, -0.15) is 9.89 Å². The molecular formula is C22H19FN4O3S.